The number of nitrogen functional groups attached to an aromatic ring is 1. The number of anilines is 2. The van der Waals surface area contributed by atoms with Crippen LogP contribution in [0.1, 0.15) is 0 Å². The van der Waals surface area contributed by atoms with Crippen molar-refractivity contribution in [3.8, 4) is 5.69 Å². The van der Waals surface area contributed by atoms with Gasteiger partial charge in [-0.25, -0.2) is 0 Å². The second-order valence-electron chi connectivity index (χ2n) is 4.73. The number of piperazine rings is 1. The van der Waals surface area contributed by atoms with Crippen LogP contribution >= 0.6 is 0 Å². The minimum atomic E-state index is -0.271. The highest BCUT2D eigenvalue weighted by atomic mass is 16.1. The molecule has 0 radical (unpaired) electrons. The zero-order valence-corrected chi connectivity index (χ0v) is 11.1. The van der Waals surface area contributed by atoms with Crippen LogP contribution < -0.4 is 21.5 Å². The molecule has 104 valence electrons. The Morgan fingerprint density at radius 1 is 1.15 bits per heavy atom. The molecular formula is C14H17N5O. The van der Waals surface area contributed by atoms with Crippen molar-refractivity contribution in [2.45, 2.75) is 0 Å². The van der Waals surface area contributed by atoms with Crippen LogP contribution in [0.15, 0.2) is 41.3 Å². The Morgan fingerprint density at radius 3 is 2.55 bits per heavy atom. The van der Waals surface area contributed by atoms with E-state index in [1.54, 1.807) is 6.20 Å². The molecule has 2 heterocycles. The van der Waals surface area contributed by atoms with E-state index in [1.165, 1.54) is 4.68 Å². The Bertz CT molecular complexity index is 646. The van der Waals surface area contributed by atoms with Crippen molar-refractivity contribution < 1.29 is 0 Å². The fraction of sp³-hybridized carbons (Fsp3) is 0.286. The highest BCUT2D eigenvalue weighted by Crippen LogP contribution is 2.19. The molecule has 0 spiro atoms. The van der Waals surface area contributed by atoms with Crippen LogP contribution in [0.25, 0.3) is 5.69 Å². The molecule has 0 saturated carbocycles. The number of nitrogens with zero attached hydrogens (tertiary/aromatic N) is 3. The molecule has 2 aromatic rings. The number of aromatic nitrogens is 2. The Labute approximate surface area is 116 Å². The van der Waals surface area contributed by atoms with Crippen molar-refractivity contribution in [1.29, 1.82) is 0 Å². The average Bonchev–Trinajstić information content (AvgIpc) is 2.52. The lowest BCUT2D eigenvalue weighted by Crippen LogP contribution is -2.44. The summed E-state index contributed by atoms with van der Waals surface area (Å²) in [7, 11) is 0. The van der Waals surface area contributed by atoms with Gasteiger partial charge in [-0.05, 0) is 12.1 Å². The van der Waals surface area contributed by atoms with Gasteiger partial charge >= 0.3 is 0 Å². The Kier molecular flexibility index (Phi) is 3.39. The molecule has 6 heteroatoms. The third-order valence-electron chi connectivity index (χ3n) is 3.45. The van der Waals surface area contributed by atoms with Gasteiger partial charge in [0.25, 0.3) is 5.56 Å². The van der Waals surface area contributed by atoms with Gasteiger partial charge in [0.2, 0.25) is 0 Å². The molecule has 3 N–H and O–H groups in total. The largest absolute Gasteiger partial charge is 0.392 e. The zero-order chi connectivity index (χ0) is 13.9. The molecule has 0 atom stereocenters. The van der Waals surface area contributed by atoms with Crippen molar-refractivity contribution in [1.82, 2.24) is 15.1 Å². The van der Waals surface area contributed by atoms with Crippen molar-refractivity contribution in [2.24, 2.45) is 0 Å². The molecule has 20 heavy (non-hydrogen) atoms. The molecule has 1 aromatic heterocycles. The number of rotatable bonds is 2. The van der Waals surface area contributed by atoms with Gasteiger partial charge in [0, 0.05) is 26.2 Å². The highest BCUT2D eigenvalue weighted by molar-refractivity contribution is 5.65. The fourth-order valence-electron chi connectivity index (χ4n) is 2.37. The van der Waals surface area contributed by atoms with E-state index in [4.69, 9.17) is 5.73 Å². The van der Waals surface area contributed by atoms with Crippen molar-refractivity contribution in [2.75, 3.05) is 36.8 Å². The fourth-order valence-corrected chi connectivity index (χ4v) is 2.37. The minimum absolute atomic E-state index is 0.255. The summed E-state index contributed by atoms with van der Waals surface area (Å²) in [5, 5.41) is 7.52. The maximum Gasteiger partial charge on any atom is 0.296 e. The Morgan fingerprint density at radius 2 is 1.85 bits per heavy atom. The molecule has 0 bridgehead atoms. The molecule has 1 saturated heterocycles. The SMILES string of the molecule is Nc1c(N2CCNCC2)cnn(-c2ccccc2)c1=O. The number of para-hydroxylation sites is 1. The first-order valence-corrected chi connectivity index (χ1v) is 6.66. The van der Waals surface area contributed by atoms with Crippen LogP contribution in [0.4, 0.5) is 11.4 Å². The molecule has 1 fully saturated rings. The molecule has 1 aromatic carbocycles. The lowest BCUT2D eigenvalue weighted by Gasteiger charge is -2.29. The third-order valence-corrected chi connectivity index (χ3v) is 3.45. The van der Waals surface area contributed by atoms with Crippen LogP contribution in [-0.4, -0.2) is 36.0 Å². The zero-order valence-electron chi connectivity index (χ0n) is 11.1. The van der Waals surface area contributed by atoms with Gasteiger partial charge in [0.1, 0.15) is 5.69 Å². The maximum atomic E-state index is 12.4. The summed E-state index contributed by atoms with van der Waals surface area (Å²) >= 11 is 0. The topological polar surface area (TPSA) is 76.2 Å². The van der Waals surface area contributed by atoms with Gasteiger partial charge in [-0.15, -0.1) is 0 Å². The minimum Gasteiger partial charge on any atom is -0.392 e. The standard InChI is InChI=1S/C14H17N5O/c15-13-12(18-8-6-16-7-9-18)10-17-19(14(13)20)11-4-2-1-3-5-11/h1-5,10,16H,6-9,15H2. The molecule has 0 unspecified atom stereocenters. The first-order chi connectivity index (χ1) is 9.77. The molecule has 0 aliphatic carbocycles. The first kappa shape index (κ1) is 12.7. The van der Waals surface area contributed by atoms with E-state index in [1.807, 2.05) is 30.3 Å². The number of nitrogens with one attached hydrogen (secondary N) is 1. The van der Waals surface area contributed by atoms with Gasteiger partial charge in [-0.3, -0.25) is 4.79 Å². The van der Waals surface area contributed by atoms with E-state index < -0.39 is 0 Å². The quantitative estimate of drug-likeness (QED) is 0.817. The van der Waals surface area contributed by atoms with Crippen LogP contribution in [0.3, 0.4) is 0 Å². The van der Waals surface area contributed by atoms with E-state index in [0.717, 1.165) is 37.6 Å². The monoisotopic (exact) mass is 271 g/mol. The predicted octanol–water partition coefficient (Wildman–Crippen LogP) is 0.224. The van der Waals surface area contributed by atoms with E-state index in [2.05, 4.69) is 15.3 Å². The maximum absolute atomic E-state index is 12.4. The molecule has 3 rings (SSSR count). The van der Waals surface area contributed by atoms with Gasteiger partial charge in [0.15, 0.2) is 0 Å². The number of hydrogen-bond donors (Lipinski definition) is 2. The molecule has 1 aliphatic rings. The van der Waals surface area contributed by atoms with Crippen molar-refractivity contribution >= 4 is 11.4 Å². The molecule has 0 amide bonds. The normalized spacial score (nSPS) is 15.3. The number of hydrogen-bond acceptors (Lipinski definition) is 5. The predicted molar refractivity (Wildman–Crippen MR) is 79.3 cm³/mol. The lowest BCUT2D eigenvalue weighted by molar-refractivity contribution is 0.587. The summed E-state index contributed by atoms with van der Waals surface area (Å²) in [6.07, 6.45) is 1.68. The summed E-state index contributed by atoms with van der Waals surface area (Å²) in [5.74, 6) is 0. The first-order valence-electron chi connectivity index (χ1n) is 6.66. The van der Waals surface area contributed by atoms with Gasteiger partial charge in [0.05, 0.1) is 17.6 Å². The van der Waals surface area contributed by atoms with E-state index in [0.29, 0.717) is 0 Å². The van der Waals surface area contributed by atoms with Gasteiger partial charge in [-0.1, -0.05) is 18.2 Å². The second kappa shape index (κ2) is 5.34. The summed E-state index contributed by atoms with van der Waals surface area (Å²) in [6, 6.07) is 9.29. The van der Waals surface area contributed by atoms with Crippen molar-refractivity contribution in [3.63, 3.8) is 0 Å². The lowest BCUT2D eigenvalue weighted by atomic mass is 10.3. The summed E-state index contributed by atoms with van der Waals surface area (Å²) in [4.78, 5) is 14.5. The van der Waals surface area contributed by atoms with E-state index >= 15 is 0 Å². The van der Waals surface area contributed by atoms with Crippen molar-refractivity contribution in [3.05, 3.63) is 46.9 Å². The Balaban J connectivity index is 2.01. The van der Waals surface area contributed by atoms with Crippen LogP contribution in [0.2, 0.25) is 0 Å². The smallest absolute Gasteiger partial charge is 0.296 e. The molecular weight excluding hydrogens is 254 g/mol. The van der Waals surface area contributed by atoms with Crippen LogP contribution in [0, 0.1) is 0 Å². The average molecular weight is 271 g/mol. The van der Waals surface area contributed by atoms with Crippen LogP contribution in [-0.2, 0) is 0 Å². The molecule has 6 nitrogen and oxygen atoms in total. The summed E-state index contributed by atoms with van der Waals surface area (Å²) < 4.78 is 1.33. The molecule has 1 aliphatic heterocycles. The number of nitrogens with two attached hydrogens (primary N) is 1. The van der Waals surface area contributed by atoms with E-state index in [9.17, 15) is 4.79 Å². The van der Waals surface area contributed by atoms with Gasteiger partial charge in [-0.2, -0.15) is 9.78 Å². The Hall–Kier alpha value is -2.34. The third kappa shape index (κ3) is 2.25. The summed E-state index contributed by atoms with van der Waals surface area (Å²) in [6.45, 7) is 3.45. The van der Waals surface area contributed by atoms with E-state index in [-0.39, 0.29) is 11.2 Å². The summed E-state index contributed by atoms with van der Waals surface area (Å²) in [5.41, 5.74) is 7.44. The number of benzene rings is 1. The second-order valence-corrected chi connectivity index (χ2v) is 4.73. The highest BCUT2D eigenvalue weighted by Gasteiger charge is 2.17. The van der Waals surface area contributed by atoms with Gasteiger partial charge < -0.3 is 16.0 Å². The van der Waals surface area contributed by atoms with Crippen LogP contribution in [0.5, 0.6) is 0 Å².